The molecule has 6 nitrogen and oxygen atoms in total. The van der Waals surface area contributed by atoms with Gasteiger partial charge in [0.2, 0.25) is 0 Å². The molecule has 0 atom stereocenters. The minimum absolute atomic E-state index is 0.549. The second kappa shape index (κ2) is 3.27. The van der Waals surface area contributed by atoms with Crippen molar-refractivity contribution in [3.63, 3.8) is 0 Å². The number of nitrogen functional groups attached to an aromatic ring is 1. The highest BCUT2D eigenvalue weighted by atomic mass is 15.3. The van der Waals surface area contributed by atoms with Crippen LogP contribution in [0, 0.1) is 0 Å². The maximum atomic E-state index is 6.03. The smallest absolute Gasteiger partial charge is 0.138 e. The molecule has 3 aromatic rings. The number of nitrogens with zero attached hydrogens (tertiary/aromatic N) is 4. The van der Waals surface area contributed by atoms with E-state index in [1.807, 2.05) is 24.3 Å². The number of anilines is 1. The van der Waals surface area contributed by atoms with Gasteiger partial charge in [-0.25, -0.2) is 0 Å². The summed E-state index contributed by atoms with van der Waals surface area (Å²) in [6.45, 7) is 0. The lowest BCUT2D eigenvalue weighted by atomic mass is 10.1. The molecule has 3 N–H and O–H groups in total. The van der Waals surface area contributed by atoms with E-state index in [1.54, 1.807) is 6.20 Å². The fourth-order valence-electron chi connectivity index (χ4n) is 1.58. The first-order valence-electron chi connectivity index (χ1n) is 4.73. The summed E-state index contributed by atoms with van der Waals surface area (Å²) < 4.78 is 0. The number of rotatable bonds is 1. The Labute approximate surface area is 90.5 Å². The van der Waals surface area contributed by atoms with Gasteiger partial charge in [-0.3, -0.25) is 0 Å². The molecule has 3 rings (SSSR count). The van der Waals surface area contributed by atoms with Gasteiger partial charge in [-0.2, -0.15) is 15.4 Å². The minimum atomic E-state index is 0.549. The summed E-state index contributed by atoms with van der Waals surface area (Å²) in [5.41, 5.74) is 8.51. The SMILES string of the molecule is Nc1c(-c2cn[nH]n2)nnc2ccccc12. The van der Waals surface area contributed by atoms with Crippen LogP contribution in [0.5, 0.6) is 0 Å². The number of hydrogen-bond donors (Lipinski definition) is 2. The van der Waals surface area contributed by atoms with Crippen molar-refractivity contribution in [2.75, 3.05) is 5.73 Å². The van der Waals surface area contributed by atoms with Gasteiger partial charge < -0.3 is 5.73 Å². The van der Waals surface area contributed by atoms with Crippen LogP contribution in [0.2, 0.25) is 0 Å². The van der Waals surface area contributed by atoms with Gasteiger partial charge in [-0.1, -0.05) is 18.2 Å². The summed E-state index contributed by atoms with van der Waals surface area (Å²) in [4.78, 5) is 0. The third kappa shape index (κ3) is 1.20. The number of benzene rings is 1. The second-order valence-electron chi connectivity index (χ2n) is 3.33. The zero-order valence-corrected chi connectivity index (χ0v) is 8.25. The van der Waals surface area contributed by atoms with Crippen LogP contribution in [0.3, 0.4) is 0 Å². The summed E-state index contributed by atoms with van der Waals surface area (Å²) in [6, 6.07) is 7.58. The highest BCUT2D eigenvalue weighted by molar-refractivity contribution is 5.95. The van der Waals surface area contributed by atoms with Gasteiger partial charge in [-0.15, -0.1) is 10.2 Å². The summed E-state index contributed by atoms with van der Waals surface area (Å²) in [6.07, 6.45) is 1.56. The van der Waals surface area contributed by atoms with Crippen LogP contribution in [-0.4, -0.2) is 25.6 Å². The number of hydrogen-bond acceptors (Lipinski definition) is 5. The zero-order valence-electron chi connectivity index (χ0n) is 8.25. The number of fused-ring (bicyclic) bond motifs is 1. The van der Waals surface area contributed by atoms with E-state index in [1.165, 1.54) is 0 Å². The molecule has 0 fully saturated rings. The fraction of sp³-hybridized carbons (Fsp3) is 0. The van der Waals surface area contributed by atoms with Crippen LogP contribution < -0.4 is 5.73 Å². The van der Waals surface area contributed by atoms with Gasteiger partial charge in [0.05, 0.1) is 17.4 Å². The summed E-state index contributed by atoms with van der Waals surface area (Å²) in [7, 11) is 0. The molecule has 6 heteroatoms. The molecule has 0 bridgehead atoms. The summed E-state index contributed by atoms with van der Waals surface area (Å²) in [5.74, 6) is 0. The van der Waals surface area contributed by atoms with Gasteiger partial charge in [0, 0.05) is 5.39 Å². The van der Waals surface area contributed by atoms with E-state index in [9.17, 15) is 0 Å². The van der Waals surface area contributed by atoms with E-state index < -0.39 is 0 Å². The molecule has 0 spiro atoms. The van der Waals surface area contributed by atoms with Crippen molar-refractivity contribution in [3.05, 3.63) is 30.5 Å². The van der Waals surface area contributed by atoms with Gasteiger partial charge in [0.15, 0.2) is 0 Å². The average Bonchev–Trinajstić information content (AvgIpc) is 2.83. The first-order valence-corrected chi connectivity index (χ1v) is 4.73. The molecule has 0 aliphatic heterocycles. The van der Waals surface area contributed by atoms with Crippen molar-refractivity contribution in [2.24, 2.45) is 0 Å². The van der Waals surface area contributed by atoms with E-state index in [2.05, 4.69) is 25.6 Å². The van der Waals surface area contributed by atoms with Crippen LogP contribution in [0.1, 0.15) is 0 Å². The van der Waals surface area contributed by atoms with Crippen molar-refractivity contribution in [1.29, 1.82) is 0 Å². The lowest BCUT2D eigenvalue weighted by molar-refractivity contribution is 0.938. The summed E-state index contributed by atoms with van der Waals surface area (Å²) in [5, 5.41) is 19.2. The Bertz CT molecular complexity index is 631. The molecule has 0 radical (unpaired) electrons. The normalized spacial score (nSPS) is 10.8. The third-order valence-electron chi connectivity index (χ3n) is 2.36. The fourth-order valence-corrected chi connectivity index (χ4v) is 1.58. The lowest BCUT2D eigenvalue weighted by Crippen LogP contribution is -1.98. The minimum Gasteiger partial charge on any atom is -0.396 e. The van der Waals surface area contributed by atoms with Crippen molar-refractivity contribution >= 4 is 16.6 Å². The molecule has 1 aromatic carbocycles. The van der Waals surface area contributed by atoms with Crippen LogP contribution in [0.4, 0.5) is 5.69 Å². The topological polar surface area (TPSA) is 93.4 Å². The van der Waals surface area contributed by atoms with Gasteiger partial charge in [0.25, 0.3) is 0 Å². The Morgan fingerprint density at radius 2 is 2.00 bits per heavy atom. The molecule has 16 heavy (non-hydrogen) atoms. The van der Waals surface area contributed by atoms with E-state index in [0.29, 0.717) is 17.1 Å². The first kappa shape index (κ1) is 8.78. The van der Waals surface area contributed by atoms with E-state index in [0.717, 1.165) is 10.9 Å². The molecule has 78 valence electrons. The van der Waals surface area contributed by atoms with Crippen molar-refractivity contribution in [1.82, 2.24) is 25.6 Å². The second-order valence-corrected chi connectivity index (χ2v) is 3.33. The molecular formula is C10H8N6. The Kier molecular flexibility index (Phi) is 1.79. The van der Waals surface area contributed by atoms with Crippen molar-refractivity contribution < 1.29 is 0 Å². The highest BCUT2D eigenvalue weighted by Crippen LogP contribution is 2.26. The van der Waals surface area contributed by atoms with Crippen LogP contribution in [-0.2, 0) is 0 Å². The van der Waals surface area contributed by atoms with Crippen LogP contribution >= 0.6 is 0 Å². The number of aromatic amines is 1. The van der Waals surface area contributed by atoms with E-state index in [4.69, 9.17) is 5.73 Å². The maximum absolute atomic E-state index is 6.03. The Morgan fingerprint density at radius 1 is 1.12 bits per heavy atom. The highest BCUT2D eigenvalue weighted by Gasteiger charge is 2.11. The largest absolute Gasteiger partial charge is 0.396 e. The number of nitrogens with one attached hydrogen (secondary N) is 1. The number of aromatic nitrogens is 5. The molecule has 2 aromatic heterocycles. The Hall–Kier alpha value is -2.50. The molecule has 0 aliphatic rings. The molecule has 0 aliphatic carbocycles. The average molecular weight is 212 g/mol. The van der Waals surface area contributed by atoms with Gasteiger partial charge >= 0.3 is 0 Å². The lowest BCUT2D eigenvalue weighted by Gasteiger charge is -2.03. The predicted octanol–water partition coefficient (Wildman–Crippen LogP) is 0.997. The molecule has 0 unspecified atom stereocenters. The monoisotopic (exact) mass is 212 g/mol. The van der Waals surface area contributed by atoms with Crippen LogP contribution in [0.25, 0.3) is 22.3 Å². The number of H-pyrrole nitrogens is 1. The number of nitrogens with two attached hydrogens (primary N) is 1. The van der Waals surface area contributed by atoms with Gasteiger partial charge in [-0.05, 0) is 6.07 Å². The first-order chi connectivity index (χ1) is 7.86. The van der Waals surface area contributed by atoms with E-state index >= 15 is 0 Å². The summed E-state index contributed by atoms with van der Waals surface area (Å²) >= 11 is 0. The molecule has 0 saturated carbocycles. The molecule has 0 amide bonds. The quantitative estimate of drug-likeness (QED) is 0.627. The van der Waals surface area contributed by atoms with Crippen LogP contribution in [0.15, 0.2) is 30.5 Å². The van der Waals surface area contributed by atoms with Gasteiger partial charge in [0.1, 0.15) is 11.4 Å². The molecule has 2 heterocycles. The third-order valence-corrected chi connectivity index (χ3v) is 2.36. The predicted molar refractivity (Wildman–Crippen MR) is 59.3 cm³/mol. The van der Waals surface area contributed by atoms with Crippen molar-refractivity contribution in [2.45, 2.75) is 0 Å². The molecule has 0 saturated heterocycles. The standard InChI is InChI=1S/C10H8N6/c11-9-6-3-1-2-4-7(6)13-15-10(9)8-5-12-16-14-8/h1-5H,(H2,11,13)(H,12,14,16). The van der Waals surface area contributed by atoms with Crippen molar-refractivity contribution in [3.8, 4) is 11.4 Å². The molecular weight excluding hydrogens is 204 g/mol. The Balaban J connectivity index is 2.32. The zero-order chi connectivity index (χ0) is 11.0. The maximum Gasteiger partial charge on any atom is 0.138 e. The Morgan fingerprint density at radius 3 is 2.81 bits per heavy atom. The van der Waals surface area contributed by atoms with E-state index in [-0.39, 0.29) is 0 Å².